The summed E-state index contributed by atoms with van der Waals surface area (Å²) in [4.78, 5) is 4.51. The Balaban J connectivity index is 1.55. The van der Waals surface area contributed by atoms with E-state index >= 15 is 0 Å². The standard InChI is InChI=1S/C18H24FN5S/c1-13-15(14(2)22(3)21-13)12-23-8-10-24(11-9-23)18(25)20-17-7-5-4-6-16(17)19/h4-7H,8-12H2,1-3H3,(H,20,25). The van der Waals surface area contributed by atoms with Crippen LogP contribution >= 0.6 is 12.2 Å². The minimum Gasteiger partial charge on any atom is -0.346 e. The molecule has 0 amide bonds. The van der Waals surface area contributed by atoms with E-state index in [0.29, 0.717) is 10.8 Å². The zero-order valence-electron chi connectivity index (χ0n) is 14.9. The zero-order chi connectivity index (χ0) is 18.0. The second-order valence-corrected chi connectivity index (χ2v) is 6.83. The van der Waals surface area contributed by atoms with Gasteiger partial charge in [-0.3, -0.25) is 9.58 Å². The fourth-order valence-electron chi connectivity index (χ4n) is 3.14. The van der Waals surface area contributed by atoms with Crippen LogP contribution in [0.4, 0.5) is 10.1 Å². The largest absolute Gasteiger partial charge is 0.346 e. The maximum Gasteiger partial charge on any atom is 0.173 e. The highest BCUT2D eigenvalue weighted by molar-refractivity contribution is 7.80. The van der Waals surface area contributed by atoms with E-state index in [-0.39, 0.29) is 5.82 Å². The summed E-state index contributed by atoms with van der Waals surface area (Å²) in [5, 5.41) is 8.09. The second-order valence-electron chi connectivity index (χ2n) is 6.45. The maximum atomic E-state index is 13.7. The highest BCUT2D eigenvalue weighted by Crippen LogP contribution is 2.17. The smallest absolute Gasteiger partial charge is 0.173 e. The van der Waals surface area contributed by atoms with Crippen LogP contribution in [0.25, 0.3) is 0 Å². The van der Waals surface area contributed by atoms with Crippen LogP contribution in [0.5, 0.6) is 0 Å². The molecule has 134 valence electrons. The Bertz CT molecular complexity index is 765. The van der Waals surface area contributed by atoms with Gasteiger partial charge in [-0.2, -0.15) is 5.10 Å². The van der Waals surface area contributed by atoms with E-state index < -0.39 is 0 Å². The summed E-state index contributed by atoms with van der Waals surface area (Å²) in [5.74, 6) is -0.286. The lowest BCUT2D eigenvalue weighted by atomic mass is 10.1. The van der Waals surface area contributed by atoms with E-state index in [9.17, 15) is 4.39 Å². The molecule has 1 N–H and O–H groups in total. The van der Waals surface area contributed by atoms with Gasteiger partial charge in [0.05, 0.1) is 11.4 Å². The molecule has 1 aromatic heterocycles. The summed E-state index contributed by atoms with van der Waals surface area (Å²) in [6.07, 6.45) is 0. The monoisotopic (exact) mass is 361 g/mol. The van der Waals surface area contributed by atoms with E-state index in [0.717, 1.165) is 38.4 Å². The van der Waals surface area contributed by atoms with Crippen LogP contribution in [-0.2, 0) is 13.6 Å². The molecule has 0 atom stereocenters. The number of thiocarbonyl (C=S) groups is 1. The SMILES string of the molecule is Cc1nn(C)c(C)c1CN1CCN(C(=S)Nc2ccccc2F)CC1. The average molecular weight is 361 g/mol. The van der Waals surface area contributed by atoms with Gasteiger partial charge in [0.1, 0.15) is 5.82 Å². The first kappa shape index (κ1) is 17.8. The average Bonchev–Trinajstić information content (AvgIpc) is 2.84. The quantitative estimate of drug-likeness (QED) is 0.851. The van der Waals surface area contributed by atoms with Crippen LogP contribution in [-0.4, -0.2) is 50.9 Å². The number of anilines is 1. The molecular formula is C18H24FN5S. The first-order chi connectivity index (χ1) is 12.0. The molecule has 7 heteroatoms. The number of aromatic nitrogens is 2. The first-order valence-electron chi connectivity index (χ1n) is 8.47. The second kappa shape index (κ2) is 7.49. The van der Waals surface area contributed by atoms with E-state index in [2.05, 4.69) is 34.1 Å². The molecule has 0 radical (unpaired) electrons. The molecule has 1 aliphatic rings. The van der Waals surface area contributed by atoms with Gasteiger partial charge in [-0.15, -0.1) is 0 Å². The maximum absolute atomic E-state index is 13.7. The molecule has 0 unspecified atom stereocenters. The highest BCUT2D eigenvalue weighted by Gasteiger charge is 2.21. The Morgan fingerprint density at radius 3 is 2.48 bits per heavy atom. The van der Waals surface area contributed by atoms with Crippen molar-refractivity contribution in [2.75, 3.05) is 31.5 Å². The summed E-state index contributed by atoms with van der Waals surface area (Å²) in [5.41, 5.74) is 4.05. The first-order valence-corrected chi connectivity index (χ1v) is 8.88. The fourth-order valence-corrected chi connectivity index (χ4v) is 3.43. The molecular weight excluding hydrogens is 337 g/mol. The van der Waals surface area contributed by atoms with Crippen LogP contribution in [0.3, 0.4) is 0 Å². The normalized spacial score (nSPS) is 15.4. The van der Waals surface area contributed by atoms with Crippen molar-refractivity contribution >= 4 is 23.0 Å². The number of benzene rings is 1. The molecule has 0 aliphatic carbocycles. The summed E-state index contributed by atoms with van der Waals surface area (Å²) in [7, 11) is 1.98. The van der Waals surface area contributed by atoms with Gasteiger partial charge in [-0.25, -0.2) is 4.39 Å². The highest BCUT2D eigenvalue weighted by atomic mass is 32.1. The third-order valence-corrected chi connectivity index (χ3v) is 5.18. The minimum atomic E-state index is -0.286. The van der Waals surface area contributed by atoms with Crippen molar-refractivity contribution in [2.24, 2.45) is 7.05 Å². The van der Waals surface area contributed by atoms with E-state index in [1.54, 1.807) is 18.2 Å². The molecule has 2 aromatic rings. The molecule has 1 aromatic carbocycles. The lowest BCUT2D eigenvalue weighted by Gasteiger charge is -2.36. The predicted molar refractivity (Wildman–Crippen MR) is 102 cm³/mol. The van der Waals surface area contributed by atoms with Crippen molar-refractivity contribution in [3.8, 4) is 0 Å². The molecule has 1 fully saturated rings. The number of para-hydroxylation sites is 1. The van der Waals surface area contributed by atoms with Gasteiger partial charge in [0, 0.05) is 51.0 Å². The summed E-state index contributed by atoms with van der Waals surface area (Å²) >= 11 is 5.45. The van der Waals surface area contributed by atoms with Crippen LogP contribution in [0.1, 0.15) is 17.0 Å². The molecule has 1 saturated heterocycles. The number of hydrogen-bond donors (Lipinski definition) is 1. The van der Waals surface area contributed by atoms with Gasteiger partial charge < -0.3 is 10.2 Å². The van der Waals surface area contributed by atoms with Crippen LogP contribution in [0, 0.1) is 19.7 Å². The third kappa shape index (κ3) is 3.99. The number of rotatable bonds is 3. The lowest BCUT2D eigenvalue weighted by molar-refractivity contribution is 0.176. The van der Waals surface area contributed by atoms with Crippen molar-refractivity contribution in [2.45, 2.75) is 20.4 Å². The van der Waals surface area contributed by atoms with E-state index in [1.165, 1.54) is 17.3 Å². The molecule has 25 heavy (non-hydrogen) atoms. The predicted octanol–water partition coefficient (Wildman–Crippen LogP) is 2.69. The number of nitrogens with zero attached hydrogens (tertiary/aromatic N) is 4. The molecule has 0 saturated carbocycles. The number of hydrogen-bond acceptors (Lipinski definition) is 3. The Kier molecular flexibility index (Phi) is 5.34. The van der Waals surface area contributed by atoms with Crippen molar-refractivity contribution in [1.29, 1.82) is 0 Å². The van der Waals surface area contributed by atoms with Gasteiger partial charge in [-0.05, 0) is 38.2 Å². The Labute approximate surface area is 153 Å². The summed E-state index contributed by atoms with van der Waals surface area (Å²) in [6, 6.07) is 6.60. The van der Waals surface area contributed by atoms with Crippen LogP contribution in [0.2, 0.25) is 0 Å². The van der Waals surface area contributed by atoms with Gasteiger partial charge in [-0.1, -0.05) is 12.1 Å². The molecule has 2 heterocycles. The number of halogens is 1. The number of piperazine rings is 1. The number of aryl methyl sites for hydroxylation is 2. The lowest BCUT2D eigenvalue weighted by Crippen LogP contribution is -2.49. The molecule has 1 aliphatic heterocycles. The summed E-state index contributed by atoms with van der Waals surface area (Å²) in [6.45, 7) is 8.59. The van der Waals surface area contributed by atoms with Crippen molar-refractivity contribution in [3.63, 3.8) is 0 Å². The van der Waals surface area contributed by atoms with Gasteiger partial charge >= 0.3 is 0 Å². The van der Waals surface area contributed by atoms with E-state index in [1.807, 2.05) is 11.7 Å². The van der Waals surface area contributed by atoms with Crippen LogP contribution < -0.4 is 5.32 Å². The fraction of sp³-hybridized carbons (Fsp3) is 0.444. The third-order valence-electron chi connectivity index (χ3n) is 4.82. The molecule has 3 rings (SSSR count). The number of nitrogens with one attached hydrogen (secondary N) is 1. The van der Waals surface area contributed by atoms with Gasteiger partial charge in [0.2, 0.25) is 0 Å². The van der Waals surface area contributed by atoms with Crippen molar-refractivity contribution in [1.82, 2.24) is 19.6 Å². The van der Waals surface area contributed by atoms with Gasteiger partial charge in [0.25, 0.3) is 0 Å². The van der Waals surface area contributed by atoms with Crippen molar-refractivity contribution in [3.05, 3.63) is 47.0 Å². The minimum absolute atomic E-state index is 0.286. The van der Waals surface area contributed by atoms with Crippen LogP contribution in [0.15, 0.2) is 24.3 Å². The van der Waals surface area contributed by atoms with Crippen molar-refractivity contribution < 1.29 is 4.39 Å². The Morgan fingerprint density at radius 2 is 1.88 bits per heavy atom. The Morgan fingerprint density at radius 1 is 1.20 bits per heavy atom. The van der Waals surface area contributed by atoms with Gasteiger partial charge in [0.15, 0.2) is 5.11 Å². The zero-order valence-corrected chi connectivity index (χ0v) is 15.7. The molecule has 0 spiro atoms. The van der Waals surface area contributed by atoms with E-state index in [4.69, 9.17) is 12.2 Å². The topological polar surface area (TPSA) is 36.3 Å². The summed E-state index contributed by atoms with van der Waals surface area (Å²) < 4.78 is 15.7. The Hall–Kier alpha value is -1.99. The molecule has 5 nitrogen and oxygen atoms in total. The molecule has 0 bridgehead atoms.